The van der Waals surface area contributed by atoms with Gasteiger partial charge in [-0.1, -0.05) is 11.6 Å². The van der Waals surface area contributed by atoms with Gasteiger partial charge in [0.25, 0.3) is 0 Å². The molecule has 1 aromatic rings. The Morgan fingerprint density at radius 2 is 1.83 bits per heavy atom. The standard InChI is InChI=1S/C15H18F3O5P/c1-4-21-24(20,22-5-2)13-9-11-8-10(3)6-7-12(11)23-14(13,19)15(16,17)18/h6-9,19H,4-5H2,1-3H3. The Bertz CT molecular complexity index is 691. The molecule has 1 unspecified atom stereocenters. The molecule has 24 heavy (non-hydrogen) atoms. The summed E-state index contributed by atoms with van der Waals surface area (Å²) in [7, 11) is -4.42. The third-order valence-corrected chi connectivity index (χ3v) is 5.56. The minimum Gasteiger partial charge on any atom is -0.449 e. The quantitative estimate of drug-likeness (QED) is 0.790. The lowest BCUT2D eigenvalue weighted by Crippen LogP contribution is -2.53. The number of hydrogen-bond acceptors (Lipinski definition) is 5. The third kappa shape index (κ3) is 3.24. The maximum absolute atomic E-state index is 13.5. The highest BCUT2D eigenvalue weighted by atomic mass is 31.2. The Kier molecular flexibility index (Phi) is 5.16. The summed E-state index contributed by atoms with van der Waals surface area (Å²) in [5.74, 6) is -3.97. The van der Waals surface area contributed by atoms with Gasteiger partial charge in [0, 0.05) is 5.56 Å². The van der Waals surface area contributed by atoms with E-state index >= 15 is 0 Å². The molecule has 2 rings (SSSR count). The summed E-state index contributed by atoms with van der Waals surface area (Å²) in [6.45, 7) is 4.33. The van der Waals surface area contributed by atoms with Crippen molar-refractivity contribution in [2.24, 2.45) is 0 Å². The summed E-state index contributed by atoms with van der Waals surface area (Å²) in [5, 5.41) is 9.24. The van der Waals surface area contributed by atoms with Crippen LogP contribution in [0, 0.1) is 6.92 Å². The highest BCUT2D eigenvalue weighted by Gasteiger charge is 2.65. The number of benzene rings is 1. The molecular weight excluding hydrogens is 348 g/mol. The van der Waals surface area contributed by atoms with Crippen molar-refractivity contribution in [3.05, 3.63) is 34.6 Å². The number of ether oxygens (including phenoxy) is 1. The third-order valence-electron chi connectivity index (χ3n) is 3.34. The summed E-state index contributed by atoms with van der Waals surface area (Å²) in [4.78, 5) is 0. The number of halogens is 3. The van der Waals surface area contributed by atoms with Gasteiger partial charge in [-0.25, -0.2) is 0 Å². The molecule has 0 saturated carbocycles. The van der Waals surface area contributed by atoms with Crippen LogP contribution in [-0.2, 0) is 13.6 Å². The van der Waals surface area contributed by atoms with E-state index in [1.54, 1.807) is 19.1 Å². The molecule has 0 saturated heterocycles. The summed E-state index contributed by atoms with van der Waals surface area (Å²) >= 11 is 0. The first-order valence-electron chi connectivity index (χ1n) is 7.28. The minimum atomic E-state index is -5.24. The normalized spacial score (nSPS) is 21.0. The van der Waals surface area contributed by atoms with E-state index in [0.29, 0.717) is 0 Å². The average molecular weight is 366 g/mol. The molecule has 0 fully saturated rings. The van der Waals surface area contributed by atoms with Crippen molar-refractivity contribution >= 4 is 13.7 Å². The van der Waals surface area contributed by atoms with Gasteiger partial charge in [0.2, 0.25) is 0 Å². The minimum absolute atomic E-state index is 0.163. The van der Waals surface area contributed by atoms with E-state index in [0.717, 1.165) is 11.6 Å². The highest BCUT2D eigenvalue weighted by Crippen LogP contribution is 2.64. The van der Waals surface area contributed by atoms with Gasteiger partial charge in [-0.3, -0.25) is 4.57 Å². The Hall–Kier alpha value is -1.34. The Labute approximate surface area is 137 Å². The molecule has 1 heterocycles. The monoisotopic (exact) mass is 366 g/mol. The van der Waals surface area contributed by atoms with Crippen molar-refractivity contribution in [2.45, 2.75) is 32.7 Å². The fourth-order valence-electron chi connectivity index (χ4n) is 2.31. The molecule has 1 N–H and O–H groups in total. The topological polar surface area (TPSA) is 65.0 Å². The van der Waals surface area contributed by atoms with E-state index in [1.807, 2.05) is 0 Å². The van der Waals surface area contributed by atoms with Gasteiger partial charge in [0.15, 0.2) is 0 Å². The van der Waals surface area contributed by atoms with Crippen molar-refractivity contribution in [3.63, 3.8) is 0 Å². The number of aliphatic hydroxyl groups is 1. The summed E-state index contributed by atoms with van der Waals surface area (Å²) in [5.41, 5.74) is 1.01. The molecule has 1 aromatic carbocycles. The second-order valence-corrected chi connectivity index (χ2v) is 7.14. The van der Waals surface area contributed by atoms with E-state index in [2.05, 4.69) is 0 Å². The van der Waals surface area contributed by atoms with Crippen LogP contribution in [0.2, 0.25) is 0 Å². The van der Waals surface area contributed by atoms with Crippen molar-refractivity contribution in [2.75, 3.05) is 13.2 Å². The SMILES string of the molecule is CCOP(=O)(OCC)C1=Cc2cc(C)ccc2OC1(O)C(F)(F)F. The van der Waals surface area contributed by atoms with E-state index in [4.69, 9.17) is 13.8 Å². The highest BCUT2D eigenvalue weighted by molar-refractivity contribution is 7.58. The number of hydrogen-bond donors (Lipinski definition) is 1. The second-order valence-electron chi connectivity index (χ2n) is 5.15. The molecular formula is C15H18F3O5P. The van der Waals surface area contributed by atoms with Crippen molar-refractivity contribution in [1.82, 2.24) is 0 Å². The van der Waals surface area contributed by atoms with E-state index in [1.165, 1.54) is 19.9 Å². The first kappa shape index (κ1) is 19.0. The summed E-state index contributed by atoms with van der Waals surface area (Å²) in [6, 6.07) is 4.40. The Balaban J connectivity index is 2.71. The molecule has 0 bridgehead atoms. The zero-order valence-electron chi connectivity index (χ0n) is 13.4. The van der Waals surface area contributed by atoms with E-state index < -0.39 is 24.9 Å². The van der Waals surface area contributed by atoms with Gasteiger partial charge in [-0.2, -0.15) is 13.2 Å². The van der Waals surface area contributed by atoms with Crippen LogP contribution >= 0.6 is 7.60 Å². The first-order chi connectivity index (χ1) is 11.1. The van der Waals surface area contributed by atoms with Crippen LogP contribution in [0.25, 0.3) is 6.08 Å². The van der Waals surface area contributed by atoms with Gasteiger partial charge in [-0.15, -0.1) is 0 Å². The molecule has 9 heteroatoms. The van der Waals surface area contributed by atoms with Crippen LogP contribution in [0.4, 0.5) is 13.2 Å². The van der Waals surface area contributed by atoms with E-state index in [-0.39, 0.29) is 24.5 Å². The fourth-order valence-corrected chi connectivity index (χ4v) is 4.19. The fraction of sp³-hybridized carbons (Fsp3) is 0.467. The maximum Gasteiger partial charge on any atom is 0.460 e. The van der Waals surface area contributed by atoms with Gasteiger partial charge in [-0.05, 0) is 39.0 Å². The van der Waals surface area contributed by atoms with Crippen LogP contribution in [0.3, 0.4) is 0 Å². The molecule has 5 nitrogen and oxygen atoms in total. The van der Waals surface area contributed by atoms with Crippen LogP contribution in [-0.4, -0.2) is 30.3 Å². The Morgan fingerprint density at radius 3 is 2.33 bits per heavy atom. The number of alkyl halides is 3. The largest absolute Gasteiger partial charge is 0.460 e. The van der Waals surface area contributed by atoms with Gasteiger partial charge >= 0.3 is 19.6 Å². The van der Waals surface area contributed by atoms with Gasteiger partial charge < -0.3 is 18.9 Å². The Morgan fingerprint density at radius 1 is 1.25 bits per heavy atom. The lowest BCUT2D eigenvalue weighted by Gasteiger charge is -2.38. The molecule has 0 radical (unpaired) electrons. The number of rotatable bonds is 5. The van der Waals surface area contributed by atoms with Crippen molar-refractivity contribution < 1.29 is 36.6 Å². The van der Waals surface area contributed by atoms with Gasteiger partial charge in [0.1, 0.15) is 11.1 Å². The smallest absolute Gasteiger partial charge is 0.449 e. The number of fused-ring (bicyclic) bond motifs is 1. The second kappa shape index (κ2) is 6.52. The van der Waals surface area contributed by atoms with Crippen LogP contribution < -0.4 is 4.74 Å². The predicted molar refractivity (Wildman–Crippen MR) is 81.6 cm³/mol. The van der Waals surface area contributed by atoms with Crippen LogP contribution in [0.5, 0.6) is 5.75 Å². The molecule has 134 valence electrons. The van der Waals surface area contributed by atoms with Crippen LogP contribution in [0.15, 0.2) is 23.5 Å². The first-order valence-corrected chi connectivity index (χ1v) is 8.82. The molecule has 1 aliphatic rings. The molecule has 0 amide bonds. The lowest BCUT2D eigenvalue weighted by atomic mass is 10.0. The van der Waals surface area contributed by atoms with Crippen LogP contribution in [0.1, 0.15) is 25.0 Å². The maximum atomic E-state index is 13.5. The molecule has 0 aromatic heterocycles. The van der Waals surface area contributed by atoms with Crippen molar-refractivity contribution in [3.8, 4) is 5.75 Å². The van der Waals surface area contributed by atoms with Crippen molar-refractivity contribution in [1.29, 1.82) is 0 Å². The van der Waals surface area contributed by atoms with E-state index in [9.17, 15) is 22.8 Å². The lowest BCUT2D eigenvalue weighted by molar-refractivity contribution is -0.314. The molecule has 0 aliphatic carbocycles. The summed E-state index contributed by atoms with van der Waals surface area (Å²) in [6.07, 6.45) is -4.28. The molecule has 0 spiro atoms. The zero-order valence-corrected chi connectivity index (χ0v) is 14.3. The molecule has 1 aliphatic heterocycles. The van der Waals surface area contributed by atoms with Gasteiger partial charge in [0.05, 0.1) is 13.2 Å². The average Bonchev–Trinajstić information content (AvgIpc) is 2.46. The number of aryl methyl sites for hydroxylation is 1. The zero-order chi connectivity index (χ0) is 18.2. The summed E-state index contributed by atoms with van der Waals surface area (Å²) < 4.78 is 68.2. The predicted octanol–water partition coefficient (Wildman–Crippen LogP) is 4.25. The molecule has 1 atom stereocenters.